The number of esters is 1. The number of hydrogen-bond acceptors (Lipinski definition) is 4. The Hall–Kier alpha value is -3.02. The summed E-state index contributed by atoms with van der Waals surface area (Å²) in [6.45, 7) is 6.12. The maximum Gasteiger partial charge on any atom is 0.305 e. The van der Waals surface area contributed by atoms with Crippen LogP contribution in [-0.4, -0.2) is 30.7 Å². The van der Waals surface area contributed by atoms with Crippen LogP contribution in [0.15, 0.2) is 36.9 Å². The van der Waals surface area contributed by atoms with Gasteiger partial charge in [-0.3, -0.25) is 9.59 Å². The highest BCUT2D eigenvalue weighted by Gasteiger charge is 2.26. The van der Waals surface area contributed by atoms with Gasteiger partial charge in [-0.25, -0.2) is 0 Å². The van der Waals surface area contributed by atoms with Gasteiger partial charge in [-0.05, 0) is 19.4 Å². The smallest absolute Gasteiger partial charge is 0.305 e. The van der Waals surface area contributed by atoms with Gasteiger partial charge >= 0.3 is 5.97 Å². The lowest BCUT2D eigenvalue weighted by Crippen LogP contribution is -2.13. The predicted octanol–water partition coefficient (Wildman–Crippen LogP) is 2.86. The number of benzene rings is 1. The number of primary amides is 1. The molecular weight excluding hydrogens is 332 g/mol. The summed E-state index contributed by atoms with van der Waals surface area (Å²) < 4.78 is 12.2. The van der Waals surface area contributed by atoms with Crippen molar-refractivity contribution in [3.05, 3.63) is 53.9 Å². The van der Waals surface area contributed by atoms with Crippen LogP contribution in [0.2, 0.25) is 0 Å². The number of aromatic nitrogens is 1. The number of para-hydroxylation sites is 1. The zero-order valence-corrected chi connectivity index (χ0v) is 15.4. The predicted molar refractivity (Wildman–Crippen MR) is 100 cm³/mol. The lowest BCUT2D eigenvalue weighted by atomic mass is 9.97. The number of nitrogens with zero attached hydrogens (tertiary/aromatic N) is 1. The molecule has 0 bridgehead atoms. The zero-order chi connectivity index (χ0) is 19.3. The van der Waals surface area contributed by atoms with Crippen LogP contribution in [0.5, 0.6) is 5.75 Å². The second-order valence-electron chi connectivity index (χ2n) is 5.82. The Morgan fingerprint density at radius 1 is 1.27 bits per heavy atom. The Bertz CT molecular complexity index is 837. The molecule has 0 fully saturated rings. The molecule has 0 radical (unpaired) electrons. The molecule has 0 aliphatic rings. The van der Waals surface area contributed by atoms with Gasteiger partial charge in [0, 0.05) is 29.1 Å². The molecule has 0 spiro atoms. The fourth-order valence-electron chi connectivity index (χ4n) is 3.20. The number of ether oxygens (including phenoxy) is 2. The van der Waals surface area contributed by atoms with Crippen molar-refractivity contribution in [1.82, 2.24) is 4.57 Å². The third-order valence-electron chi connectivity index (χ3n) is 4.36. The van der Waals surface area contributed by atoms with Gasteiger partial charge in [0.05, 0.1) is 26.2 Å². The average Bonchev–Trinajstić information content (AvgIpc) is 2.92. The van der Waals surface area contributed by atoms with E-state index >= 15 is 0 Å². The number of carbonyl (C=O) groups excluding carboxylic acids is 2. The van der Waals surface area contributed by atoms with Crippen LogP contribution < -0.4 is 10.5 Å². The molecule has 1 amide bonds. The molecule has 0 aliphatic carbocycles. The summed E-state index contributed by atoms with van der Waals surface area (Å²) in [6, 6.07) is 7.42. The average molecular weight is 356 g/mol. The summed E-state index contributed by atoms with van der Waals surface area (Å²) in [5.41, 5.74) is 9.13. The van der Waals surface area contributed by atoms with E-state index in [9.17, 15) is 9.59 Å². The summed E-state index contributed by atoms with van der Waals surface area (Å²) in [4.78, 5) is 23.9. The quantitative estimate of drug-likeness (QED) is 0.582. The highest BCUT2D eigenvalue weighted by molar-refractivity contribution is 6.03. The number of nitrogens with two attached hydrogens (primary N) is 1. The van der Waals surface area contributed by atoms with Crippen molar-refractivity contribution in [3.8, 4) is 16.9 Å². The summed E-state index contributed by atoms with van der Waals surface area (Å²) in [6.07, 6.45) is 2.34. The van der Waals surface area contributed by atoms with Crippen molar-refractivity contribution < 1.29 is 19.1 Å². The summed E-state index contributed by atoms with van der Waals surface area (Å²) in [5, 5.41) is 0. The minimum absolute atomic E-state index is 0.192. The van der Waals surface area contributed by atoms with Crippen molar-refractivity contribution in [1.29, 1.82) is 0 Å². The van der Waals surface area contributed by atoms with Crippen LogP contribution >= 0.6 is 0 Å². The molecule has 0 atom stereocenters. The minimum Gasteiger partial charge on any atom is -0.496 e. The van der Waals surface area contributed by atoms with Gasteiger partial charge < -0.3 is 19.8 Å². The summed E-state index contributed by atoms with van der Waals surface area (Å²) >= 11 is 0. The van der Waals surface area contributed by atoms with Crippen LogP contribution in [0.3, 0.4) is 0 Å². The first-order chi connectivity index (χ1) is 12.5. The van der Waals surface area contributed by atoms with Crippen molar-refractivity contribution in [2.45, 2.75) is 26.3 Å². The fraction of sp³-hybridized carbons (Fsp3) is 0.300. The van der Waals surface area contributed by atoms with Crippen LogP contribution in [0.25, 0.3) is 11.1 Å². The number of carbonyl (C=O) groups is 2. The SMILES string of the molecule is C=CCn1c(C)c(C(N)=O)c(-c2ccccc2OC)c1CCC(=O)OC. The minimum atomic E-state index is -0.523. The van der Waals surface area contributed by atoms with E-state index in [0.29, 0.717) is 29.8 Å². The number of hydrogen-bond donors (Lipinski definition) is 1. The molecule has 1 aromatic carbocycles. The lowest BCUT2D eigenvalue weighted by molar-refractivity contribution is -0.140. The van der Waals surface area contributed by atoms with E-state index in [1.165, 1.54) is 7.11 Å². The lowest BCUT2D eigenvalue weighted by Gasteiger charge is -2.13. The number of methoxy groups -OCH3 is 2. The van der Waals surface area contributed by atoms with Crippen molar-refractivity contribution in [2.75, 3.05) is 14.2 Å². The van der Waals surface area contributed by atoms with Crippen molar-refractivity contribution in [2.24, 2.45) is 5.73 Å². The number of amides is 1. The molecule has 6 nitrogen and oxygen atoms in total. The summed E-state index contributed by atoms with van der Waals surface area (Å²) in [7, 11) is 2.93. The van der Waals surface area contributed by atoms with E-state index < -0.39 is 5.91 Å². The van der Waals surface area contributed by atoms with Crippen LogP contribution in [-0.2, 0) is 22.5 Å². The second-order valence-corrected chi connectivity index (χ2v) is 5.82. The third-order valence-corrected chi connectivity index (χ3v) is 4.36. The number of rotatable bonds is 8. The highest BCUT2D eigenvalue weighted by Crippen LogP contribution is 2.38. The Labute approximate surface area is 153 Å². The normalized spacial score (nSPS) is 10.4. The standard InChI is InChI=1S/C20H24N2O4/c1-5-12-22-13(2)18(20(21)24)19(15(22)10-11-17(23)26-4)14-8-6-7-9-16(14)25-3/h5-9H,1,10-12H2,2-4H3,(H2,21,24). The molecule has 0 unspecified atom stereocenters. The Kier molecular flexibility index (Phi) is 6.22. The maximum absolute atomic E-state index is 12.2. The Morgan fingerprint density at radius 2 is 1.96 bits per heavy atom. The molecule has 2 aromatic rings. The van der Waals surface area contributed by atoms with E-state index in [4.69, 9.17) is 15.2 Å². The molecule has 138 valence electrons. The molecule has 26 heavy (non-hydrogen) atoms. The van der Waals surface area contributed by atoms with Crippen molar-refractivity contribution >= 4 is 11.9 Å². The maximum atomic E-state index is 12.2. The molecule has 0 saturated carbocycles. The topological polar surface area (TPSA) is 83.5 Å². The van der Waals surface area contributed by atoms with Crippen LogP contribution in [0, 0.1) is 6.92 Å². The summed E-state index contributed by atoms with van der Waals surface area (Å²) in [5.74, 6) is -0.212. The van der Waals surface area contributed by atoms with Gasteiger partial charge in [0.25, 0.3) is 5.91 Å². The highest BCUT2D eigenvalue weighted by atomic mass is 16.5. The molecule has 1 heterocycles. The fourth-order valence-corrected chi connectivity index (χ4v) is 3.20. The molecule has 2 N–H and O–H groups in total. The van der Waals surface area contributed by atoms with Crippen molar-refractivity contribution in [3.63, 3.8) is 0 Å². The van der Waals surface area contributed by atoms with Gasteiger partial charge in [0.2, 0.25) is 0 Å². The first kappa shape index (κ1) is 19.3. The molecule has 0 saturated heterocycles. The van der Waals surface area contributed by atoms with Gasteiger partial charge in [0.15, 0.2) is 0 Å². The monoisotopic (exact) mass is 356 g/mol. The van der Waals surface area contributed by atoms with Gasteiger partial charge in [-0.15, -0.1) is 6.58 Å². The van der Waals surface area contributed by atoms with Gasteiger partial charge in [-0.1, -0.05) is 24.3 Å². The molecule has 0 aliphatic heterocycles. The van der Waals surface area contributed by atoms with E-state index in [2.05, 4.69) is 6.58 Å². The molecule has 6 heteroatoms. The molecular formula is C20H24N2O4. The van der Waals surface area contributed by atoms with Gasteiger partial charge in [-0.2, -0.15) is 0 Å². The molecule has 1 aromatic heterocycles. The van der Waals surface area contributed by atoms with Gasteiger partial charge in [0.1, 0.15) is 5.75 Å². The first-order valence-electron chi connectivity index (χ1n) is 8.29. The first-order valence-corrected chi connectivity index (χ1v) is 8.29. The Morgan fingerprint density at radius 3 is 2.54 bits per heavy atom. The number of allylic oxidation sites excluding steroid dienone is 1. The van der Waals surface area contributed by atoms with Crippen LogP contribution in [0.1, 0.15) is 28.2 Å². The zero-order valence-electron chi connectivity index (χ0n) is 15.4. The second kappa shape index (κ2) is 8.38. The Balaban J connectivity index is 2.77. The third kappa shape index (κ3) is 3.64. The van der Waals surface area contributed by atoms with Crippen LogP contribution in [0.4, 0.5) is 0 Å². The van der Waals surface area contributed by atoms with E-state index in [-0.39, 0.29) is 12.4 Å². The van der Waals surface area contributed by atoms with E-state index in [1.807, 2.05) is 35.8 Å². The van der Waals surface area contributed by atoms with E-state index in [1.54, 1.807) is 13.2 Å². The molecule has 2 rings (SSSR count). The largest absolute Gasteiger partial charge is 0.496 e. The van der Waals surface area contributed by atoms with E-state index in [0.717, 1.165) is 17.0 Å².